The number of nitrogens with zero attached hydrogens (tertiary/aromatic N) is 4. The van der Waals surface area contributed by atoms with Crippen LogP contribution in [0.1, 0.15) is 18.1 Å². The molecule has 0 bridgehead atoms. The first-order valence-corrected chi connectivity index (χ1v) is 13.5. The van der Waals surface area contributed by atoms with Gasteiger partial charge in [0.25, 0.3) is 5.69 Å². The van der Waals surface area contributed by atoms with Gasteiger partial charge in [0.05, 0.1) is 31.8 Å². The minimum atomic E-state index is -1.83. The van der Waals surface area contributed by atoms with Crippen molar-refractivity contribution in [3.8, 4) is 11.5 Å². The van der Waals surface area contributed by atoms with Crippen LogP contribution < -0.4 is 19.7 Å². The van der Waals surface area contributed by atoms with Gasteiger partial charge in [0.15, 0.2) is 16.9 Å². The topological polar surface area (TPSA) is 161 Å². The Morgan fingerprint density at radius 1 is 1.10 bits per heavy atom. The number of benzene rings is 2. The van der Waals surface area contributed by atoms with Crippen molar-refractivity contribution < 1.29 is 38.3 Å². The molecule has 0 saturated carbocycles. The van der Waals surface area contributed by atoms with E-state index in [-0.39, 0.29) is 51.3 Å². The van der Waals surface area contributed by atoms with Crippen LogP contribution in [0.5, 0.6) is 11.5 Å². The van der Waals surface area contributed by atoms with E-state index in [4.69, 9.17) is 14.2 Å². The maximum absolute atomic E-state index is 14.4. The molecular weight excluding hydrogens is 550 g/mol. The minimum absolute atomic E-state index is 0.0217. The van der Waals surface area contributed by atoms with Gasteiger partial charge in [-0.05, 0) is 42.7 Å². The summed E-state index contributed by atoms with van der Waals surface area (Å²) in [7, 11) is 3.01. The zero-order chi connectivity index (χ0) is 30.2. The molecule has 5 amide bonds. The maximum atomic E-state index is 14.4. The molecule has 2 aromatic rings. The molecule has 2 aromatic carbocycles. The largest absolute Gasteiger partial charge is 0.493 e. The molecule has 14 nitrogen and oxygen atoms in total. The highest BCUT2D eigenvalue weighted by atomic mass is 16.6. The number of hydrogen-bond acceptors (Lipinski definition) is 10. The van der Waals surface area contributed by atoms with Gasteiger partial charge in [-0.25, -0.2) is 9.59 Å². The number of urea groups is 1. The number of nitro benzene ring substituents is 1. The molecular formula is C28H31N5O9. The van der Waals surface area contributed by atoms with E-state index >= 15 is 0 Å². The average molecular weight is 582 g/mol. The monoisotopic (exact) mass is 581 g/mol. The number of piperazine rings is 1. The predicted octanol–water partition coefficient (Wildman–Crippen LogP) is 2.12. The Kier molecular flexibility index (Phi) is 7.63. The number of methoxy groups -OCH3 is 2. The summed E-state index contributed by atoms with van der Waals surface area (Å²) in [6.07, 6.45) is -0.506. The third-order valence-electron chi connectivity index (χ3n) is 8.10. The number of ether oxygens (including phenoxy) is 3. The number of nitro groups is 1. The minimum Gasteiger partial charge on any atom is -0.493 e. The molecule has 1 N–H and O–H groups in total. The van der Waals surface area contributed by atoms with Gasteiger partial charge in [-0.15, -0.1) is 0 Å². The number of imide groups is 2. The third-order valence-corrected chi connectivity index (χ3v) is 8.10. The highest BCUT2D eigenvalue weighted by Crippen LogP contribution is 2.46. The molecule has 1 spiro atoms. The molecule has 222 valence electrons. The van der Waals surface area contributed by atoms with E-state index in [1.807, 2.05) is 4.90 Å². The molecule has 14 heteroatoms. The highest BCUT2D eigenvalue weighted by molar-refractivity contribution is 6.20. The van der Waals surface area contributed by atoms with Crippen molar-refractivity contribution in [1.29, 1.82) is 0 Å². The summed E-state index contributed by atoms with van der Waals surface area (Å²) in [5, 5.41) is 13.9. The molecule has 42 heavy (non-hydrogen) atoms. The van der Waals surface area contributed by atoms with Crippen molar-refractivity contribution in [3.63, 3.8) is 0 Å². The summed E-state index contributed by atoms with van der Waals surface area (Å²) in [6.45, 7) is 2.26. The highest BCUT2D eigenvalue weighted by Gasteiger charge is 2.63. The van der Waals surface area contributed by atoms with E-state index in [9.17, 15) is 29.3 Å². The molecule has 2 atom stereocenters. The zero-order valence-electron chi connectivity index (χ0n) is 23.5. The van der Waals surface area contributed by atoms with Crippen molar-refractivity contribution >= 4 is 35.3 Å². The molecule has 0 aromatic heterocycles. The van der Waals surface area contributed by atoms with Crippen LogP contribution in [-0.4, -0.2) is 91.7 Å². The lowest BCUT2D eigenvalue weighted by atomic mass is 9.67. The molecule has 5 rings (SSSR count). The summed E-state index contributed by atoms with van der Waals surface area (Å²) in [6, 6.07) is 7.85. The molecule has 2 saturated heterocycles. The Balaban J connectivity index is 1.53. The van der Waals surface area contributed by atoms with Crippen molar-refractivity contribution in [2.75, 3.05) is 51.9 Å². The predicted molar refractivity (Wildman–Crippen MR) is 147 cm³/mol. The van der Waals surface area contributed by atoms with Crippen molar-refractivity contribution in [3.05, 3.63) is 57.6 Å². The molecule has 2 fully saturated rings. The van der Waals surface area contributed by atoms with Crippen LogP contribution in [-0.2, 0) is 27.2 Å². The Morgan fingerprint density at radius 2 is 1.86 bits per heavy atom. The van der Waals surface area contributed by atoms with Gasteiger partial charge in [0.2, 0.25) is 11.8 Å². The molecule has 3 aliphatic heterocycles. The Bertz CT molecular complexity index is 1460. The van der Waals surface area contributed by atoms with Crippen LogP contribution in [0.3, 0.4) is 0 Å². The third kappa shape index (κ3) is 4.72. The van der Waals surface area contributed by atoms with Crippen LogP contribution in [0.25, 0.3) is 0 Å². The first-order valence-electron chi connectivity index (χ1n) is 13.5. The number of non-ortho nitro benzene ring substituents is 1. The number of nitrogens with one attached hydrogen (secondary N) is 1. The summed E-state index contributed by atoms with van der Waals surface area (Å²) < 4.78 is 15.8. The summed E-state index contributed by atoms with van der Waals surface area (Å²) in [4.78, 5) is 69.1. The van der Waals surface area contributed by atoms with Gasteiger partial charge in [-0.3, -0.25) is 29.9 Å². The lowest BCUT2D eigenvalue weighted by molar-refractivity contribution is -0.384. The molecule has 3 aliphatic rings. The number of barbiturate groups is 1. The lowest BCUT2D eigenvalue weighted by Crippen LogP contribution is -2.75. The number of fused-ring (bicyclic) bond motifs is 4. The van der Waals surface area contributed by atoms with Gasteiger partial charge in [0, 0.05) is 50.4 Å². The normalized spacial score (nSPS) is 21.5. The number of carbonyl (C=O) groups excluding carboxylic acids is 4. The number of carbonyl (C=O) groups is 4. The SMILES string of the molecule is CCOC(=O)N1CCN2c3ccc([N+](=O)[O-])cc3C[C@]3(C(=O)NC(=O)N(CCc4ccc(OC)c(OC)c4)C3=O)[C@H]2C1. The van der Waals surface area contributed by atoms with Crippen LogP contribution in [0.4, 0.5) is 21.0 Å². The first kappa shape index (κ1) is 28.6. The second-order valence-electron chi connectivity index (χ2n) is 10.2. The molecule has 0 radical (unpaired) electrons. The van der Waals surface area contributed by atoms with E-state index in [0.29, 0.717) is 22.7 Å². The van der Waals surface area contributed by atoms with Gasteiger partial charge >= 0.3 is 12.1 Å². The maximum Gasteiger partial charge on any atom is 0.409 e. The van der Waals surface area contributed by atoms with Gasteiger partial charge in [-0.2, -0.15) is 0 Å². The lowest BCUT2D eigenvalue weighted by Gasteiger charge is -2.55. The number of anilines is 1. The van der Waals surface area contributed by atoms with Crippen LogP contribution in [0.15, 0.2) is 36.4 Å². The quantitative estimate of drug-likeness (QED) is 0.291. The summed E-state index contributed by atoms with van der Waals surface area (Å²) in [5.41, 5.74) is -0.190. The second kappa shape index (κ2) is 11.2. The van der Waals surface area contributed by atoms with E-state index in [2.05, 4.69) is 5.32 Å². The van der Waals surface area contributed by atoms with Crippen molar-refractivity contribution in [2.24, 2.45) is 5.41 Å². The van der Waals surface area contributed by atoms with Gasteiger partial charge in [-0.1, -0.05) is 6.07 Å². The van der Waals surface area contributed by atoms with Crippen molar-refractivity contribution in [2.45, 2.75) is 25.8 Å². The Hall–Kier alpha value is -4.88. The molecule has 0 aliphatic carbocycles. The fourth-order valence-corrected chi connectivity index (χ4v) is 6.04. The number of hydrogen-bond donors (Lipinski definition) is 1. The zero-order valence-corrected chi connectivity index (χ0v) is 23.5. The van der Waals surface area contributed by atoms with E-state index in [0.717, 1.165) is 10.5 Å². The Labute approximate surface area is 241 Å². The van der Waals surface area contributed by atoms with Crippen LogP contribution >= 0.6 is 0 Å². The number of rotatable bonds is 7. The standard InChI is InChI=1S/C28H31N5O9/c1-4-42-27(37)30-11-12-31-20-7-6-19(33(38)39)14-18(20)15-28(23(31)16-30)24(34)29-26(36)32(25(28)35)10-9-17-5-8-21(40-2)22(13-17)41-3/h5-8,13-14,23H,4,9-12,15-16H2,1-3H3,(H,29,34,36)/t23-,28-/m1/s1. The number of amides is 5. The summed E-state index contributed by atoms with van der Waals surface area (Å²) in [5.74, 6) is -0.526. The van der Waals surface area contributed by atoms with Gasteiger partial charge < -0.3 is 24.0 Å². The first-order chi connectivity index (χ1) is 20.1. The van der Waals surface area contributed by atoms with E-state index < -0.39 is 40.3 Å². The van der Waals surface area contributed by atoms with Crippen LogP contribution in [0.2, 0.25) is 0 Å². The molecule has 0 unspecified atom stereocenters. The fourth-order valence-electron chi connectivity index (χ4n) is 6.04. The van der Waals surface area contributed by atoms with Crippen molar-refractivity contribution in [1.82, 2.24) is 15.1 Å². The van der Waals surface area contributed by atoms with E-state index in [1.165, 1.54) is 31.3 Å². The van der Waals surface area contributed by atoms with Gasteiger partial charge in [0.1, 0.15) is 0 Å². The molecule has 3 heterocycles. The second-order valence-corrected chi connectivity index (χ2v) is 10.2. The fraction of sp³-hybridized carbons (Fsp3) is 0.429. The Morgan fingerprint density at radius 3 is 2.55 bits per heavy atom. The average Bonchev–Trinajstić information content (AvgIpc) is 2.99. The van der Waals surface area contributed by atoms with Crippen LogP contribution in [0, 0.1) is 15.5 Å². The smallest absolute Gasteiger partial charge is 0.409 e. The van der Waals surface area contributed by atoms with E-state index in [1.54, 1.807) is 31.2 Å². The summed E-state index contributed by atoms with van der Waals surface area (Å²) >= 11 is 0.